The van der Waals surface area contributed by atoms with E-state index < -0.39 is 87.9 Å². The lowest BCUT2D eigenvalue weighted by atomic mass is 9.39. The molecule has 2 aromatic rings. The summed E-state index contributed by atoms with van der Waals surface area (Å²) in [5.41, 5.74) is -6.13. The minimum atomic E-state index is -2.48. The summed E-state index contributed by atoms with van der Waals surface area (Å²) in [4.78, 5) is 54.2. The van der Waals surface area contributed by atoms with Gasteiger partial charge in [0, 0.05) is 24.7 Å². The number of aliphatic hydroxyl groups excluding tert-OH is 2. The third kappa shape index (κ3) is 5.07. The number of fused-ring (bicyclic) bond motifs is 3. The number of ether oxygens (including phenoxy) is 3. The summed E-state index contributed by atoms with van der Waals surface area (Å²) < 4.78 is 17.9. The molecule has 3 N–H and O–H groups in total. The van der Waals surface area contributed by atoms with Gasteiger partial charge in [-0.25, -0.2) is 9.59 Å². The number of carbonyl (C=O) groups excluding carboxylic acids is 4. The zero-order valence-corrected chi connectivity index (χ0v) is 26.7. The highest BCUT2D eigenvalue weighted by molar-refractivity contribution is 5.97. The maximum Gasteiger partial charge on any atom is 0.338 e. The van der Waals surface area contributed by atoms with E-state index in [1.165, 1.54) is 18.2 Å². The Labute approximate surface area is 268 Å². The number of hydrogen-bond donors (Lipinski definition) is 3. The van der Waals surface area contributed by atoms with E-state index in [1.807, 2.05) is 0 Å². The van der Waals surface area contributed by atoms with Crippen molar-refractivity contribution in [3.8, 4) is 0 Å². The molecule has 0 aliphatic heterocycles. The highest BCUT2D eigenvalue weighted by atomic mass is 16.6. The molecular formula is C36H42O10. The second kappa shape index (κ2) is 11.7. The van der Waals surface area contributed by atoms with Crippen LogP contribution < -0.4 is 0 Å². The lowest BCUT2D eigenvalue weighted by molar-refractivity contribution is -0.312. The van der Waals surface area contributed by atoms with Crippen LogP contribution in [0, 0.1) is 28.1 Å². The first-order valence-electron chi connectivity index (χ1n) is 15.5. The van der Waals surface area contributed by atoms with Gasteiger partial charge in [-0.3, -0.25) is 9.59 Å². The van der Waals surface area contributed by atoms with Crippen molar-refractivity contribution in [2.45, 2.75) is 83.6 Å². The van der Waals surface area contributed by atoms with Crippen LogP contribution in [0.5, 0.6) is 0 Å². The molecule has 0 saturated heterocycles. The monoisotopic (exact) mass is 634 g/mol. The molecule has 0 amide bonds. The van der Waals surface area contributed by atoms with Gasteiger partial charge in [0.05, 0.1) is 22.6 Å². The summed E-state index contributed by atoms with van der Waals surface area (Å²) in [5, 5.41) is 36.0. The maximum absolute atomic E-state index is 14.5. The van der Waals surface area contributed by atoms with Crippen molar-refractivity contribution in [3.05, 3.63) is 84.4 Å². The molecule has 0 aromatic heterocycles. The van der Waals surface area contributed by atoms with Crippen LogP contribution in [0.1, 0.15) is 68.2 Å². The summed E-state index contributed by atoms with van der Waals surface area (Å²) >= 11 is 0. The van der Waals surface area contributed by atoms with Crippen LogP contribution in [-0.4, -0.2) is 75.1 Å². The number of rotatable bonds is 6. The molecule has 2 aromatic carbocycles. The molecule has 0 unspecified atom stereocenters. The SMILES string of the molecule is C=C[C@]1(C)C[C@@H](OC(=O)c2ccccc2)[C@H]2[C@](O)(C1=O)[C@H](OC(C)=O)C[C@H]1C(C)(C)[C@H](O)[C@H](O)[C@H](OC(=O)c3ccccc3)[C@@]12C. The van der Waals surface area contributed by atoms with E-state index >= 15 is 0 Å². The fourth-order valence-electron chi connectivity index (χ4n) is 8.61. The van der Waals surface area contributed by atoms with E-state index in [0.717, 1.165) is 6.92 Å². The molecule has 3 aliphatic carbocycles. The van der Waals surface area contributed by atoms with Crippen LogP contribution in [0.2, 0.25) is 0 Å². The number of aliphatic hydroxyl groups is 3. The highest BCUT2D eigenvalue weighted by Gasteiger charge is 2.78. The zero-order valence-electron chi connectivity index (χ0n) is 26.7. The number of carbonyl (C=O) groups is 4. The van der Waals surface area contributed by atoms with Crippen molar-refractivity contribution in [1.29, 1.82) is 0 Å². The molecule has 5 rings (SSSR count). The summed E-state index contributed by atoms with van der Waals surface area (Å²) in [6.45, 7) is 11.7. The van der Waals surface area contributed by atoms with Crippen molar-refractivity contribution in [2.75, 3.05) is 0 Å². The smallest absolute Gasteiger partial charge is 0.338 e. The van der Waals surface area contributed by atoms with E-state index in [-0.39, 0.29) is 24.0 Å². The summed E-state index contributed by atoms with van der Waals surface area (Å²) in [6, 6.07) is 16.3. The lowest BCUT2D eigenvalue weighted by Gasteiger charge is -2.68. The summed E-state index contributed by atoms with van der Waals surface area (Å²) in [5.74, 6) is -5.08. The van der Waals surface area contributed by atoms with Gasteiger partial charge in [-0.15, -0.1) is 6.58 Å². The Balaban J connectivity index is 1.74. The van der Waals surface area contributed by atoms with Crippen LogP contribution >= 0.6 is 0 Å². The van der Waals surface area contributed by atoms with Crippen molar-refractivity contribution in [2.24, 2.45) is 28.1 Å². The first-order valence-corrected chi connectivity index (χ1v) is 15.5. The fourth-order valence-corrected chi connectivity index (χ4v) is 8.61. The maximum atomic E-state index is 14.5. The Morgan fingerprint density at radius 2 is 1.39 bits per heavy atom. The van der Waals surface area contributed by atoms with Crippen LogP contribution in [0.4, 0.5) is 0 Å². The number of benzene rings is 2. The molecule has 10 heteroatoms. The summed E-state index contributed by atoms with van der Waals surface area (Å²) in [6.07, 6.45) is -6.07. The van der Waals surface area contributed by atoms with Crippen molar-refractivity contribution in [1.82, 2.24) is 0 Å². The molecular weight excluding hydrogens is 592 g/mol. The molecule has 0 radical (unpaired) electrons. The predicted octanol–water partition coefficient (Wildman–Crippen LogP) is 3.67. The molecule has 0 heterocycles. The van der Waals surface area contributed by atoms with Gasteiger partial charge in [0.25, 0.3) is 0 Å². The van der Waals surface area contributed by atoms with Crippen molar-refractivity contribution >= 4 is 23.7 Å². The molecule has 10 atom stereocenters. The molecule has 3 saturated carbocycles. The molecule has 3 aliphatic rings. The van der Waals surface area contributed by atoms with Gasteiger partial charge in [-0.2, -0.15) is 0 Å². The normalized spacial score (nSPS) is 38.0. The average molecular weight is 635 g/mol. The first kappa shape index (κ1) is 33.5. The highest BCUT2D eigenvalue weighted by Crippen LogP contribution is 2.67. The minimum Gasteiger partial charge on any atom is -0.459 e. The number of allylic oxidation sites excluding steroid dienone is 1. The van der Waals surface area contributed by atoms with Gasteiger partial charge < -0.3 is 29.5 Å². The Morgan fingerprint density at radius 3 is 1.89 bits per heavy atom. The van der Waals surface area contributed by atoms with Gasteiger partial charge in [0.1, 0.15) is 24.4 Å². The van der Waals surface area contributed by atoms with Crippen molar-refractivity contribution in [3.63, 3.8) is 0 Å². The number of esters is 3. The number of ketones is 1. The van der Waals surface area contributed by atoms with Crippen LogP contribution in [0.15, 0.2) is 73.3 Å². The lowest BCUT2D eigenvalue weighted by Crippen LogP contribution is -2.80. The Morgan fingerprint density at radius 1 is 0.870 bits per heavy atom. The Hall–Kier alpha value is -3.86. The van der Waals surface area contributed by atoms with Gasteiger partial charge in [0.2, 0.25) is 0 Å². The third-order valence-corrected chi connectivity index (χ3v) is 10.9. The van der Waals surface area contributed by atoms with E-state index in [2.05, 4.69) is 6.58 Å². The number of hydrogen-bond acceptors (Lipinski definition) is 10. The topological polar surface area (TPSA) is 157 Å². The second-order valence-corrected chi connectivity index (χ2v) is 14.0. The van der Waals surface area contributed by atoms with Crippen LogP contribution in [0.25, 0.3) is 0 Å². The van der Waals surface area contributed by atoms with Gasteiger partial charge in [-0.05, 0) is 48.9 Å². The molecule has 46 heavy (non-hydrogen) atoms. The Kier molecular flexibility index (Phi) is 8.55. The van der Waals surface area contributed by atoms with Gasteiger partial charge >= 0.3 is 17.9 Å². The van der Waals surface area contributed by atoms with E-state index in [1.54, 1.807) is 76.2 Å². The molecule has 246 valence electrons. The van der Waals surface area contributed by atoms with Gasteiger partial charge in [0.15, 0.2) is 11.4 Å². The molecule has 0 bridgehead atoms. The summed E-state index contributed by atoms with van der Waals surface area (Å²) in [7, 11) is 0. The molecule has 10 nitrogen and oxygen atoms in total. The standard InChI is InChI=1S/C36H42O10/c1-7-34(5)19-23(45-30(40)21-14-10-8-11-15-21)27-35(6)24(18-25(44-20(2)37)36(27,43)32(34)42)33(3,4)28(39)26(38)29(35)46-31(41)22-16-12-9-13-17-22/h7-17,23-29,38-39,43H,1,18-19H2,2-6H3/t23-,24+,25-,26+,27-,28-,29+,34-,35+,36+/m1/s1. The average Bonchev–Trinajstić information content (AvgIpc) is 3.02. The largest absolute Gasteiger partial charge is 0.459 e. The van der Waals surface area contributed by atoms with Gasteiger partial charge in [-0.1, -0.05) is 63.2 Å². The molecule has 0 spiro atoms. The number of Topliss-reactive ketones (excluding diaryl/α,β-unsaturated/α-hetero) is 1. The van der Waals surface area contributed by atoms with Crippen LogP contribution in [-0.2, 0) is 23.8 Å². The fraction of sp³-hybridized carbons (Fsp3) is 0.500. The Bertz CT molecular complexity index is 1520. The minimum absolute atomic E-state index is 0.103. The third-order valence-electron chi connectivity index (χ3n) is 10.9. The van der Waals surface area contributed by atoms with Crippen LogP contribution in [0.3, 0.4) is 0 Å². The molecule has 3 fully saturated rings. The first-order chi connectivity index (χ1) is 21.5. The predicted molar refractivity (Wildman–Crippen MR) is 165 cm³/mol. The van der Waals surface area contributed by atoms with E-state index in [4.69, 9.17) is 14.2 Å². The second-order valence-electron chi connectivity index (χ2n) is 14.0. The zero-order chi connectivity index (χ0) is 33.8. The van der Waals surface area contributed by atoms with E-state index in [9.17, 15) is 34.5 Å². The van der Waals surface area contributed by atoms with Crippen molar-refractivity contribution < 1.29 is 48.7 Å². The quantitative estimate of drug-likeness (QED) is 0.243. The van der Waals surface area contributed by atoms with E-state index in [0.29, 0.717) is 0 Å².